The summed E-state index contributed by atoms with van der Waals surface area (Å²) in [6.07, 6.45) is -0.0358. The number of hydrogen-bond donors (Lipinski definition) is 1. The molecule has 2 aliphatic rings. The van der Waals surface area contributed by atoms with Crippen LogP contribution in [0.2, 0.25) is 0 Å². The SMILES string of the molecule is N#CC(C#N)=C(C#N)Nc1ccc(C2OCN3COCC23)cc1. The van der Waals surface area contributed by atoms with Crippen molar-refractivity contribution in [3.05, 3.63) is 41.1 Å². The Balaban J connectivity index is 1.76. The molecule has 0 spiro atoms. The predicted octanol–water partition coefficient (Wildman–Crippen LogP) is 1.61. The second kappa shape index (κ2) is 6.48. The highest BCUT2D eigenvalue weighted by Gasteiger charge is 2.39. The van der Waals surface area contributed by atoms with Crippen LogP contribution >= 0.6 is 0 Å². The number of anilines is 1. The van der Waals surface area contributed by atoms with Crippen molar-refractivity contribution in [1.82, 2.24) is 4.90 Å². The molecule has 1 aromatic carbocycles. The van der Waals surface area contributed by atoms with Crippen LogP contribution in [-0.2, 0) is 9.47 Å². The van der Waals surface area contributed by atoms with E-state index < -0.39 is 0 Å². The van der Waals surface area contributed by atoms with E-state index in [1.54, 1.807) is 24.3 Å². The predicted molar refractivity (Wildman–Crippen MR) is 79.1 cm³/mol. The van der Waals surface area contributed by atoms with Gasteiger partial charge in [0.1, 0.15) is 43.5 Å². The summed E-state index contributed by atoms with van der Waals surface area (Å²) in [6.45, 7) is 1.81. The number of ether oxygens (including phenoxy) is 2. The lowest BCUT2D eigenvalue weighted by atomic mass is 10.0. The lowest BCUT2D eigenvalue weighted by Crippen LogP contribution is -2.27. The quantitative estimate of drug-likeness (QED) is 0.846. The largest absolute Gasteiger partial charge is 0.364 e. The number of allylic oxidation sites excluding steroid dienone is 2. The molecule has 0 radical (unpaired) electrons. The molecule has 0 saturated carbocycles. The molecule has 1 N–H and O–H groups in total. The van der Waals surface area contributed by atoms with Gasteiger partial charge in [-0.05, 0) is 17.7 Å². The molecule has 2 unspecified atom stereocenters. The highest BCUT2D eigenvalue weighted by Crippen LogP contribution is 2.34. The minimum Gasteiger partial charge on any atom is -0.364 e. The molecule has 7 heteroatoms. The number of fused-ring (bicyclic) bond motifs is 1. The van der Waals surface area contributed by atoms with Gasteiger partial charge in [0.25, 0.3) is 0 Å². The first-order valence-corrected chi connectivity index (χ1v) is 7.01. The van der Waals surface area contributed by atoms with E-state index >= 15 is 0 Å². The molecule has 3 rings (SSSR count). The van der Waals surface area contributed by atoms with Gasteiger partial charge in [0, 0.05) is 5.69 Å². The van der Waals surface area contributed by atoms with Crippen LogP contribution in [0.1, 0.15) is 11.7 Å². The molecule has 0 bridgehead atoms. The number of hydrogen-bond acceptors (Lipinski definition) is 7. The molecule has 0 aliphatic carbocycles. The molecular formula is C16H13N5O2. The number of benzene rings is 1. The van der Waals surface area contributed by atoms with Gasteiger partial charge in [-0.25, -0.2) is 4.90 Å². The zero-order valence-electron chi connectivity index (χ0n) is 12.2. The first-order valence-electron chi connectivity index (χ1n) is 7.01. The molecule has 2 heterocycles. The van der Waals surface area contributed by atoms with Gasteiger partial charge in [-0.15, -0.1) is 0 Å². The summed E-state index contributed by atoms with van der Waals surface area (Å²) in [7, 11) is 0. The number of nitrogens with one attached hydrogen (secondary N) is 1. The van der Waals surface area contributed by atoms with Gasteiger partial charge in [0.2, 0.25) is 0 Å². The minimum atomic E-state index is -0.241. The Hall–Kier alpha value is -2.89. The van der Waals surface area contributed by atoms with Crippen LogP contribution in [0.5, 0.6) is 0 Å². The third kappa shape index (κ3) is 2.88. The summed E-state index contributed by atoms with van der Waals surface area (Å²) in [5.41, 5.74) is 1.35. The van der Waals surface area contributed by atoms with Gasteiger partial charge in [0.05, 0.1) is 12.6 Å². The Morgan fingerprint density at radius 3 is 2.48 bits per heavy atom. The highest BCUT2D eigenvalue weighted by atomic mass is 16.6. The molecule has 1 aromatic rings. The summed E-state index contributed by atoms with van der Waals surface area (Å²) in [5, 5.41) is 29.5. The maximum atomic E-state index is 9.04. The average Bonchev–Trinajstić information content (AvgIpc) is 3.19. The van der Waals surface area contributed by atoms with Crippen LogP contribution < -0.4 is 5.32 Å². The van der Waals surface area contributed by atoms with E-state index in [2.05, 4.69) is 10.2 Å². The second-order valence-electron chi connectivity index (χ2n) is 5.20. The first kappa shape index (κ1) is 15.0. The van der Waals surface area contributed by atoms with E-state index in [0.29, 0.717) is 25.8 Å². The lowest BCUT2D eigenvalue weighted by Gasteiger charge is -2.16. The van der Waals surface area contributed by atoms with Gasteiger partial charge in [-0.1, -0.05) is 12.1 Å². The maximum Gasteiger partial charge on any atom is 0.163 e. The van der Waals surface area contributed by atoms with Crippen LogP contribution in [0.25, 0.3) is 0 Å². The average molecular weight is 307 g/mol. The molecule has 114 valence electrons. The Labute approximate surface area is 133 Å². The zero-order valence-corrected chi connectivity index (χ0v) is 12.2. The van der Waals surface area contributed by atoms with Crippen LogP contribution in [0.15, 0.2) is 35.5 Å². The standard InChI is InChI=1S/C16H13N5O2/c17-5-12(6-18)14(7-19)20-13-3-1-11(2-4-13)16-15-8-22-9-21(15)10-23-16/h1-4,15-16,20H,8-10H2. The van der Waals surface area contributed by atoms with E-state index in [4.69, 9.17) is 25.3 Å². The molecule has 0 amide bonds. The van der Waals surface area contributed by atoms with Crippen LogP contribution in [0.4, 0.5) is 5.69 Å². The summed E-state index contributed by atoms with van der Waals surface area (Å²) in [6, 6.07) is 12.8. The van der Waals surface area contributed by atoms with Crippen molar-refractivity contribution in [2.24, 2.45) is 0 Å². The van der Waals surface area contributed by atoms with Crippen molar-refractivity contribution in [3.63, 3.8) is 0 Å². The monoisotopic (exact) mass is 307 g/mol. The van der Waals surface area contributed by atoms with Crippen molar-refractivity contribution in [1.29, 1.82) is 15.8 Å². The smallest absolute Gasteiger partial charge is 0.163 e. The van der Waals surface area contributed by atoms with E-state index in [-0.39, 0.29) is 23.4 Å². The van der Waals surface area contributed by atoms with E-state index in [9.17, 15) is 0 Å². The van der Waals surface area contributed by atoms with Crippen molar-refractivity contribution in [3.8, 4) is 18.2 Å². The molecule has 2 saturated heterocycles. The fraction of sp³-hybridized carbons (Fsp3) is 0.312. The third-order valence-electron chi connectivity index (χ3n) is 3.88. The number of rotatable bonds is 3. The summed E-state index contributed by atoms with van der Waals surface area (Å²) in [5.74, 6) is 0. The number of nitrogens with zero attached hydrogens (tertiary/aromatic N) is 4. The Kier molecular flexibility index (Phi) is 4.23. The molecule has 2 aliphatic heterocycles. The fourth-order valence-electron chi connectivity index (χ4n) is 2.69. The Morgan fingerprint density at radius 2 is 1.83 bits per heavy atom. The lowest BCUT2D eigenvalue weighted by molar-refractivity contribution is 0.0370. The molecular weight excluding hydrogens is 294 g/mol. The van der Waals surface area contributed by atoms with Crippen LogP contribution in [0.3, 0.4) is 0 Å². The Bertz CT molecular complexity index is 735. The van der Waals surface area contributed by atoms with E-state index in [1.165, 1.54) is 0 Å². The van der Waals surface area contributed by atoms with Crippen molar-refractivity contribution >= 4 is 5.69 Å². The summed E-state index contributed by atoms with van der Waals surface area (Å²) < 4.78 is 11.2. The van der Waals surface area contributed by atoms with Gasteiger partial charge < -0.3 is 14.8 Å². The second-order valence-corrected chi connectivity index (χ2v) is 5.20. The van der Waals surface area contributed by atoms with Crippen LogP contribution in [-0.4, -0.2) is 31.0 Å². The van der Waals surface area contributed by atoms with Gasteiger partial charge in [-0.3, -0.25) is 0 Å². The third-order valence-corrected chi connectivity index (χ3v) is 3.88. The summed E-state index contributed by atoms with van der Waals surface area (Å²) >= 11 is 0. The molecule has 2 fully saturated rings. The van der Waals surface area contributed by atoms with E-state index in [0.717, 1.165) is 5.56 Å². The Morgan fingerprint density at radius 1 is 1.09 bits per heavy atom. The normalized spacial score (nSPS) is 22.5. The van der Waals surface area contributed by atoms with Crippen molar-refractivity contribution < 1.29 is 9.47 Å². The zero-order chi connectivity index (χ0) is 16.2. The van der Waals surface area contributed by atoms with Crippen LogP contribution in [0, 0.1) is 34.0 Å². The fourth-order valence-corrected chi connectivity index (χ4v) is 2.69. The van der Waals surface area contributed by atoms with Gasteiger partial charge in [-0.2, -0.15) is 15.8 Å². The minimum absolute atomic E-state index is 0.0358. The number of nitriles is 3. The summed E-state index contributed by atoms with van der Waals surface area (Å²) in [4.78, 5) is 2.14. The molecule has 23 heavy (non-hydrogen) atoms. The maximum absolute atomic E-state index is 9.04. The molecule has 2 atom stereocenters. The van der Waals surface area contributed by atoms with Gasteiger partial charge >= 0.3 is 0 Å². The topological polar surface area (TPSA) is 105 Å². The van der Waals surface area contributed by atoms with Gasteiger partial charge in [0.15, 0.2) is 5.57 Å². The first-order chi connectivity index (χ1) is 11.3. The van der Waals surface area contributed by atoms with Crippen molar-refractivity contribution in [2.75, 3.05) is 25.4 Å². The van der Waals surface area contributed by atoms with Crippen molar-refractivity contribution in [2.45, 2.75) is 12.1 Å². The highest BCUT2D eigenvalue weighted by molar-refractivity contribution is 5.58. The molecule has 0 aromatic heterocycles. The molecule has 7 nitrogen and oxygen atoms in total. The van der Waals surface area contributed by atoms with E-state index in [1.807, 2.05) is 18.2 Å².